The summed E-state index contributed by atoms with van der Waals surface area (Å²) in [7, 11) is 0. The Morgan fingerprint density at radius 3 is 2.84 bits per heavy atom. The van der Waals surface area contributed by atoms with Crippen molar-refractivity contribution in [2.75, 3.05) is 50.0 Å². The predicted molar refractivity (Wildman–Crippen MR) is 190 cm³/mol. The minimum Gasteiger partial charge on any atom is -0.461 e. The Morgan fingerprint density at radius 1 is 1.24 bits per heavy atom. The van der Waals surface area contributed by atoms with E-state index >= 15 is 4.39 Å². The number of ether oxygens (including phenoxy) is 1. The van der Waals surface area contributed by atoms with Gasteiger partial charge < -0.3 is 20.3 Å². The third-order valence-electron chi connectivity index (χ3n) is 11.8. The van der Waals surface area contributed by atoms with Crippen molar-refractivity contribution in [2.45, 2.75) is 68.9 Å². The molecule has 0 bridgehead atoms. The number of anilines is 2. The van der Waals surface area contributed by atoms with E-state index in [0.29, 0.717) is 50.2 Å². The number of rotatable bonds is 6. The van der Waals surface area contributed by atoms with Crippen molar-refractivity contribution >= 4 is 60.7 Å². The molecule has 51 heavy (non-hydrogen) atoms. The zero-order chi connectivity index (χ0) is 35.3. The van der Waals surface area contributed by atoms with Crippen LogP contribution in [0.5, 0.6) is 6.01 Å². The molecule has 0 radical (unpaired) electrons. The van der Waals surface area contributed by atoms with E-state index in [1.807, 2.05) is 17.9 Å². The number of amides is 1. The Morgan fingerprint density at radius 2 is 2.06 bits per heavy atom. The van der Waals surface area contributed by atoms with Crippen molar-refractivity contribution in [3.63, 3.8) is 0 Å². The van der Waals surface area contributed by atoms with E-state index < -0.39 is 23.3 Å². The number of nitrogens with zero attached hydrogens (tertiary/aromatic N) is 6. The van der Waals surface area contributed by atoms with Gasteiger partial charge in [0.2, 0.25) is 5.91 Å². The standard InChI is InChI=1S/C36H36ClF3N8O2S/c1-17-29(43-17)34(49)48-10-5-18-14-46(9-6-25(18)48)33-21-11-23(37)27(20-3-4-24(39)31-26(20)22(13-41)32(42)51-31)28(40)30(21)44-35(45-33)50-16-36-7-2-8-47(36)15-19(38)12-36/h3-4,11,17-19,25,29,43H,2,5-10,12,14-16,42H2,1H3/t17-,18?,19+,25?,29+,36-/m0/s1. The summed E-state index contributed by atoms with van der Waals surface area (Å²) in [6.45, 7) is 5.16. The van der Waals surface area contributed by atoms with Gasteiger partial charge in [0.15, 0.2) is 5.82 Å². The highest BCUT2D eigenvalue weighted by Gasteiger charge is 2.50. The number of likely N-dealkylation sites (tertiary alicyclic amines) is 1. The van der Waals surface area contributed by atoms with Crippen molar-refractivity contribution < 1.29 is 22.7 Å². The molecule has 0 saturated carbocycles. The lowest BCUT2D eigenvalue weighted by molar-refractivity contribution is -0.132. The van der Waals surface area contributed by atoms with Gasteiger partial charge in [-0.25, -0.2) is 13.2 Å². The summed E-state index contributed by atoms with van der Waals surface area (Å²) < 4.78 is 53.1. The van der Waals surface area contributed by atoms with Gasteiger partial charge in [-0.3, -0.25) is 15.0 Å². The van der Waals surface area contributed by atoms with Crippen LogP contribution in [0.2, 0.25) is 5.02 Å². The van der Waals surface area contributed by atoms with Gasteiger partial charge in [-0.1, -0.05) is 17.7 Å². The number of nitrogen functional groups attached to an aromatic ring is 1. The summed E-state index contributed by atoms with van der Waals surface area (Å²) in [5.74, 6) is -0.544. The van der Waals surface area contributed by atoms with Crippen LogP contribution in [-0.2, 0) is 4.79 Å². The number of nitriles is 1. The molecular weight excluding hydrogens is 701 g/mol. The minimum atomic E-state index is -0.945. The summed E-state index contributed by atoms with van der Waals surface area (Å²) in [5, 5.41) is 13.9. The van der Waals surface area contributed by atoms with Crippen LogP contribution in [0.1, 0.15) is 44.6 Å². The molecule has 7 heterocycles. The zero-order valence-electron chi connectivity index (χ0n) is 27.9. The summed E-state index contributed by atoms with van der Waals surface area (Å²) in [5.41, 5.74) is 5.81. The van der Waals surface area contributed by atoms with E-state index in [1.165, 1.54) is 12.1 Å². The first-order chi connectivity index (χ1) is 24.6. The normalized spacial score (nSPS) is 28.7. The summed E-state index contributed by atoms with van der Waals surface area (Å²) in [6.07, 6.45) is 2.69. The Kier molecular flexibility index (Phi) is 7.81. The number of benzene rings is 2. The average molecular weight is 737 g/mol. The van der Waals surface area contributed by atoms with E-state index in [9.17, 15) is 18.8 Å². The highest BCUT2D eigenvalue weighted by Crippen LogP contribution is 2.47. The molecular formula is C36H36ClF3N8O2S. The fourth-order valence-electron chi connectivity index (χ4n) is 9.21. The summed E-state index contributed by atoms with van der Waals surface area (Å²) in [4.78, 5) is 28.9. The van der Waals surface area contributed by atoms with Gasteiger partial charge in [-0.2, -0.15) is 15.2 Å². The van der Waals surface area contributed by atoms with Gasteiger partial charge in [0.05, 0.1) is 20.8 Å². The van der Waals surface area contributed by atoms with Crippen LogP contribution in [0.15, 0.2) is 18.2 Å². The number of fused-ring (bicyclic) bond motifs is 4. The molecule has 9 rings (SSSR count). The fourth-order valence-corrected chi connectivity index (χ4v) is 10.5. The lowest BCUT2D eigenvalue weighted by Crippen LogP contribution is -2.49. The number of halogens is 4. The molecule has 15 heteroatoms. The highest BCUT2D eigenvalue weighted by molar-refractivity contribution is 7.23. The number of carbonyl (C=O) groups is 1. The molecule has 0 aliphatic carbocycles. The second-order valence-electron chi connectivity index (χ2n) is 14.7. The van der Waals surface area contributed by atoms with Gasteiger partial charge in [0.1, 0.15) is 47.0 Å². The van der Waals surface area contributed by atoms with Crippen molar-refractivity contribution in [3.8, 4) is 23.2 Å². The molecule has 5 aliphatic rings. The zero-order valence-corrected chi connectivity index (χ0v) is 29.5. The number of nitrogens with one attached hydrogen (secondary N) is 1. The first kappa shape index (κ1) is 33.0. The third kappa shape index (κ3) is 5.22. The van der Waals surface area contributed by atoms with E-state index in [4.69, 9.17) is 27.1 Å². The lowest BCUT2D eigenvalue weighted by atomic mass is 9.92. The molecule has 6 atom stereocenters. The van der Waals surface area contributed by atoms with Gasteiger partial charge >= 0.3 is 6.01 Å². The molecule has 5 fully saturated rings. The molecule has 0 spiro atoms. The van der Waals surface area contributed by atoms with Crippen LogP contribution < -0.4 is 20.7 Å². The Balaban J connectivity index is 1.13. The maximum atomic E-state index is 17.1. The number of thiophene rings is 1. The summed E-state index contributed by atoms with van der Waals surface area (Å²) in [6, 6.07) is 6.41. The van der Waals surface area contributed by atoms with E-state index in [-0.39, 0.29) is 84.9 Å². The SMILES string of the molecule is C[C@@H]1N[C@H]1C(=O)N1CCC2CN(c3nc(OC[C@@]45CCCN4C[C@H](F)C5)nc4c(F)c(-c5ccc(F)c6sc(N)c(C#N)c56)c(Cl)cc34)CCC21. The maximum Gasteiger partial charge on any atom is 0.319 e. The minimum absolute atomic E-state index is 0.0332. The van der Waals surface area contributed by atoms with E-state index in [2.05, 4.69) is 20.1 Å². The molecule has 10 nitrogen and oxygen atoms in total. The number of carbonyl (C=O) groups excluding carboxylic acids is 1. The largest absolute Gasteiger partial charge is 0.461 e. The van der Waals surface area contributed by atoms with E-state index in [0.717, 1.165) is 37.1 Å². The van der Waals surface area contributed by atoms with Crippen LogP contribution in [0, 0.1) is 28.9 Å². The number of aromatic nitrogens is 2. The second kappa shape index (κ2) is 12.1. The number of nitrogens with two attached hydrogens (primary N) is 1. The smallest absolute Gasteiger partial charge is 0.319 e. The lowest BCUT2D eigenvalue weighted by Gasteiger charge is -2.39. The molecule has 5 aliphatic heterocycles. The van der Waals surface area contributed by atoms with Crippen LogP contribution in [0.4, 0.5) is 24.0 Å². The Labute approximate surface area is 301 Å². The quantitative estimate of drug-likeness (QED) is 0.242. The molecule has 266 valence electrons. The van der Waals surface area contributed by atoms with Crippen molar-refractivity contribution in [2.24, 2.45) is 5.92 Å². The van der Waals surface area contributed by atoms with E-state index in [1.54, 1.807) is 6.07 Å². The van der Waals surface area contributed by atoms with Gasteiger partial charge in [0.25, 0.3) is 0 Å². The van der Waals surface area contributed by atoms with Crippen molar-refractivity contribution in [1.82, 2.24) is 25.1 Å². The average Bonchev–Trinajstić information content (AvgIpc) is 3.42. The van der Waals surface area contributed by atoms with Gasteiger partial charge in [0, 0.05) is 61.0 Å². The molecule has 2 aromatic heterocycles. The first-order valence-corrected chi connectivity index (χ1v) is 18.7. The first-order valence-electron chi connectivity index (χ1n) is 17.5. The molecule has 5 saturated heterocycles. The number of hydrogen-bond donors (Lipinski definition) is 2. The number of alkyl halides is 1. The van der Waals surface area contributed by atoms with Gasteiger partial charge in [-0.15, -0.1) is 11.3 Å². The topological polar surface area (TPSA) is 134 Å². The molecule has 4 aromatic rings. The molecule has 2 aromatic carbocycles. The summed E-state index contributed by atoms with van der Waals surface area (Å²) >= 11 is 7.83. The van der Waals surface area contributed by atoms with Crippen LogP contribution >= 0.6 is 22.9 Å². The van der Waals surface area contributed by atoms with Crippen molar-refractivity contribution in [1.29, 1.82) is 5.26 Å². The Hall–Kier alpha value is -3.90. The number of piperidine rings is 1. The Bertz CT molecular complexity index is 2160. The molecule has 1 amide bonds. The highest BCUT2D eigenvalue weighted by atomic mass is 35.5. The monoisotopic (exact) mass is 736 g/mol. The predicted octanol–water partition coefficient (Wildman–Crippen LogP) is 5.64. The maximum absolute atomic E-state index is 17.1. The van der Waals surface area contributed by atoms with Crippen LogP contribution in [-0.4, -0.2) is 94.8 Å². The second-order valence-corrected chi connectivity index (χ2v) is 16.2. The fraction of sp³-hybridized carbons (Fsp3) is 0.500. The van der Waals surface area contributed by atoms with Crippen LogP contribution in [0.25, 0.3) is 32.1 Å². The van der Waals surface area contributed by atoms with Gasteiger partial charge in [-0.05, 0) is 62.8 Å². The van der Waals surface area contributed by atoms with Crippen LogP contribution in [0.3, 0.4) is 0 Å². The number of hydrogen-bond acceptors (Lipinski definition) is 10. The third-order valence-corrected chi connectivity index (χ3v) is 13.1. The molecule has 2 unspecified atom stereocenters. The molecule has 3 N–H and O–H groups in total. The van der Waals surface area contributed by atoms with Crippen molar-refractivity contribution in [3.05, 3.63) is 40.4 Å².